The van der Waals surface area contributed by atoms with Gasteiger partial charge in [-0.25, -0.2) is 4.98 Å². The summed E-state index contributed by atoms with van der Waals surface area (Å²) in [6.07, 6.45) is 6.10. The molecular weight excluding hydrogens is 268 g/mol. The highest BCUT2D eigenvalue weighted by molar-refractivity contribution is 5.94. The lowest BCUT2D eigenvalue weighted by molar-refractivity contribution is 0.0952. The first kappa shape index (κ1) is 14.7. The second-order valence-electron chi connectivity index (χ2n) is 4.26. The van der Waals surface area contributed by atoms with E-state index < -0.39 is 0 Å². The molecule has 108 valence electrons. The van der Waals surface area contributed by atoms with Crippen LogP contribution in [0.2, 0.25) is 0 Å². The molecule has 2 heterocycles. The Kier molecular flexibility index (Phi) is 5.43. The highest BCUT2D eigenvalue weighted by atomic mass is 16.1. The van der Waals surface area contributed by atoms with E-state index in [1.54, 1.807) is 12.3 Å². The summed E-state index contributed by atoms with van der Waals surface area (Å²) in [6, 6.07) is 1.70. The predicted octanol–water partition coefficient (Wildman–Crippen LogP) is -0.127. The fourth-order valence-corrected chi connectivity index (χ4v) is 1.70. The minimum atomic E-state index is -0.170. The van der Waals surface area contributed by atoms with Gasteiger partial charge < -0.3 is 11.1 Å². The molecule has 7 nitrogen and oxygen atoms in total. The minimum absolute atomic E-state index is 0.170. The van der Waals surface area contributed by atoms with Crippen molar-refractivity contribution in [3.63, 3.8) is 0 Å². The third kappa shape index (κ3) is 4.71. The number of nitrogens with two attached hydrogens (primary N) is 1. The number of hydrogen-bond acceptors (Lipinski definition) is 5. The molecular formula is C14H16N6O. The summed E-state index contributed by atoms with van der Waals surface area (Å²) in [5.41, 5.74) is 6.47. The maximum absolute atomic E-state index is 12.0. The summed E-state index contributed by atoms with van der Waals surface area (Å²) in [4.78, 5) is 20.0. The smallest absolute Gasteiger partial charge is 0.252 e. The van der Waals surface area contributed by atoms with E-state index in [2.05, 4.69) is 37.3 Å². The van der Waals surface area contributed by atoms with E-state index in [0.29, 0.717) is 17.7 Å². The van der Waals surface area contributed by atoms with E-state index in [1.807, 2.05) is 0 Å². The molecule has 2 rings (SSSR count). The molecule has 0 saturated carbocycles. The molecule has 0 spiro atoms. The minimum Gasteiger partial charge on any atom is -0.352 e. The van der Waals surface area contributed by atoms with Crippen molar-refractivity contribution < 1.29 is 4.79 Å². The monoisotopic (exact) mass is 284 g/mol. The maximum atomic E-state index is 12.0. The Balaban J connectivity index is 1.82. The van der Waals surface area contributed by atoms with Crippen LogP contribution in [-0.4, -0.2) is 39.2 Å². The fraction of sp³-hybridized carbons (Fsp3) is 0.286. The Morgan fingerprint density at radius 2 is 2.33 bits per heavy atom. The van der Waals surface area contributed by atoms with Gasteiger partial charge in [-0.3, -0.25) is 14.9 Å². The molecule has 0 aromatic carbocycles. The Labute approximate surface area is 122 Å². The summed E-state index contributed by atoms with van der Waals surface area (Å²) >= 11 is 0. The molecule has 0 unspecified atom stereocenters. The van der Waals surface area contributed by atoms with Gasteiger partial charge in [0.25, 0.3) is 5.91 Å². The van der Waals surface area contributed by atoms with Crippen molar-refractivity contribution in [3.8, 4) is 11.8 Å². The van der Waals surface area contributed by atoms with Gasteiger partial charge in [0.1, 0.15) is 12.2 Å². The van der Waals surface area contributed by atoms with Crippen LogP contribution in [0.25, 0.3) is 0 Å². The number of nitrogens with one attached hydrogen (secondary N) is 2. The molecule has 0 aliphatic heterocycles. The van der Waals surface area contributed by atoms with Gasteiger partial charge >= 0.3 is 0 Å². The van der Waals surface area contributed by atoms with Crippen LogP contribution in [0, 0.1) is 11.8 Å². The van der Waals surface area contributed by atoms with E-state index in [9.17, 15) is 4.79 Å². The number of carbonyl (C=O) groups excluding carboxylic acids is 1. The number of amides is 1. The average molecular weight is 284 g/mol. The maximum Gasteiger partial charge on any atom is 0.252 e. The molecule has 2 aromatic rings. The molecule has 1 amide bonds. The van der Waals surface area contributed by atoms with Crippen LogP contribution in [0.3, 0.4) is 0 Å². The molecule has 0 fully saturated rings. The van der Waals surface area contributed by atoms with Gasteiger partial charge in [-0.15, -0.1) is 0 Å². The van der Waals surface area contributed by atoms with E-state index in [1.165, 1.54) is 12.5 Å². The van der Waals surface area contributed by atoms with Crippen molar-refractivity contribution in [2.24, 2.45) is 5.73 Å². The molecule has 0 atom stereocenters. The van der Waals surface area contributed by atoms with Crippen molar-refractivity contribution in [1.29, 1.82) is 0 Å². The molecule has 21 heavy (non-hydrogen) atoms. The Morgan fingerprint density at radius 3 is 3.10 bits per heavy atom. The molecule has 0 radical (unpaired) electrons. The molecule has 2 aromatic heterocycles. The summed E-state index contributed by atoms with van der Waals surface area (Å²) in [5.74, 6) is 6.22. The van der Waals surface area contributed by atoms with Gasteiger partial charge in [0.2, 0.25) is 0 Å². The summed E-state index contributed by atoms with van der Waals surface area (Å²) in [7, 11) is 0. The van der Waals surface area contributed by atoms with Crippen molar-refractivity contribution >= 4 is 5.91 Å². The van der Waals surface area contributed by atoms with E-state index in [4.69, 9.17) is 5.73 Å². The largest absolute Gasteiger partial charge is 0.352 e. The topological polar surface area (TPSA) is 110 Å². The van der Waals surface area contributed by atoms with E-state index in [-0.39, 0.29) is 12.5 Å². The number of carbonyl (C=O) groups is 1. The fourth-order valence-electron chi connectivity index (χ4n) is 1.70. The highest BCUT2D eigenvalue weighted by Crippen LogP contribution is 2.01. The quantitative estimate of drug-likeness (QED) is 0.523. The molecule has 0 aliphatic rings. The lowest BCUT2D eigenvalue weighted by atomic mass is 10.2. The van der Waals surface area contributed by atoms with Crippen LogP contribution in [0.15, 0.2) is 24.8 Å². The predicted molar refractivity (Wildman–Crippen MR) is 77.2 cm³/mol. The van der Waals surface area contributed by atoms with Gasteiger partial charge in [0, 0.05) is 30.9 Å². The zero-order chi connectivity index (χ0) is 14.9. The number of aromatic nitrogens is 4. The second-order valence-corrected chi connectivity index (χ2v) is 4.26. The van der Waals surface area contributed by atoms with E-state index in [0.717, 1.165) is 18.7 Å². The van der Waals surface area contributed by atoms with Crippen molar-refractivity contribution in [2.75, 3.05) is 13.1 Å². The number of nitrogens with zero attached hydrogens (tertiary/aromatic N) is 3. The second kappa shape index (κ2) is 7.77. The third-order valence-electron chi connectivity index (χ3n) is 2.68. The highest BCUT2D eigenvalue weighted by Gasteiger charge is 2.06. The van der Waals surface area contributed by atoms with Gasteiger partial charge in [0.15, 0.2) is 0 Å². The molecule has 7 heteroatoms. The Hall–Kier alpha value is -2.72. The van der Waals surface area contributed by atoms with Gasteiger partial charge in [0.05, 0.1) is 12.1 Å². The first-order valence-electron chi connectivity index (χ1n) is 6.56. The van der Waals surface area contributed by atoms with E-state index >= 15 is 0 Å². The Morgan fingerprint density at radius 1 is 1.43 bits per heavy atom. The number of hydrogen-bond donors (Lipinski definition) is 3. The lowest BCUT2D eigenvalue weighted by Gasteiger charge is -2.04. The summed E-state index contributed by atoms with van der Waals surface area (Å²) < 4.78 is 0. The normalized spacial score (nSPS) is 9.76. The number of rotatable bonds is 5. The molecule has 0 bridgehead atoms. The number of pyridine rings is 1. The van der Waals surface area contributed by atoms with Crippen LogP contribution >= 0.6 is 0 Å². The van der Waals surface area contributed by atoms with Crippen LogP contribution < -0.4 is 11.1 Å². The van der Waals surface area contributed by atoms with Crippen molar-refractivity contribution in [1.82, 2.24) is 25.5 Å². The first-order valence-corrected chi connectivity index (χ1v) is 6.56. The molecule has 0 aliphatic carbocycles. The first-order chi connectivity index (χ1) is 10.3. The number of H-pyrrole nitrogens is 1. The van der Waals surface area contributed by atoms with Crippen molar-refractivity contribution in [3.05, 3.63) is 41.7 Å². The third-order valence-corrected chi connectivity index (χ3v) is 2.68. The van der Waals surface area contributed by atoms with Gasteiger partial charge in [-0.2, -0.15) is 5.10 Å². The van der Waals surface area contributed by atoms with Crippen molar-refractivity contribution in [2.45, 2.75) is 12.8 Å². The molecule has 0 saturated heterocycles. The van der Waals surface area contributed by atoms with Crippen LogP contribution in [0.4, 0.5) is 0 Å². The number of aromatic amines is 1. The SMILES string of the molecule is NCC#Cc1cncc(C(=O)NCCCc2ncn[nH]2)c1. The average Bonchev–Trinajstić information content (AvgIpc) is 3.03. The molecule has 4 N–H and O–H groups in total. The standard InChI is InChI=1S/C14H16N6O/c15-5-1-3-11-7-12(9-16-8-11)14(21)17-6-2-4-13-18-10-19-20-13/h7-10H,2,4-6,15H2,(H,17,21)(H,18,19,20). The summed E-state index contributed by atoms with van der Waals surface area (Å²) in [5, 5.41) is 9.37. The zero-order valence-corrected chi connectivity index (χ0v) is 11.5. The number of aryl methyl sites for hydroxylation is 1. The van der Waals surface area contributed by atoms with Gasteiger partial charge in [-0.05, 0) is 12.5 Å². The van der Waals surface area contributed by atoms with Crippen LogP contribution in [0.5, 0.6) is 0 Å². The Bertz CT molecular complexity index is 641. The zero-order valence-electron chi connectivity index (χ0n) is 11.5. The summed E-state index contributed by atoms with van der Waals surface area (Å²) in [6.45, 7) is 0.830. The van der Waals surface area contributed by atoms with Crippen LogP contribution in [0.1, 0.15) is 28.2 Å². The van der Waals surface area contributed by atoms with Gasteiger partial charge in [-0.1, -0.05) is 11.8 Å². The van der Waals surface area contributed by atoms with Crippen LogP contribution in [-0.2, 0) is 6.42 Å². The lowest BCUT2D eigenvalue weighted by Crippen LogP contribution is -2.25.